The number of aromatic nitrogens is 1. The number of anilines is 2. The molecule has 9 nitrogen and oxygen atoms in total. The number of halogens is 1. The maximum Gasteiger partial charge on any atom is 0.273 e. The number of phenolic OH excluding ortho intramolecular Hbond substituents is 1. The van der Waals surface area contributed by atoms with Gasteiger partial charge in [-0.1, -0.05) is 31.4 Å². The van der Waals surface area contributed by atoms with Crippen molar-refractivity contribution >= 4 is 40.6 Å². The molecule has 3 aromatic rings. The van der Waals surface area contributed by atoms with Crippen LogP contribution in [0.3, 0.4) is 0 Å². The highest BCUT2D eigenvalue weighted by molar-refractivity contribution is 7.09. The van der Waals surface area contributed by atoms with E-state index in [2.05, 4.69) is 15.0 Å². The van der Waals surface area contributed by atoms with Crippen LogP contribution in [0.5, 0.6) is 5.75 Å². The Labute approximate surface area is 236 Å². The van der Waals surface area contributed by atoms with E-state index >= 15 is 0 Å². The number of phenols is 1. The second kappa shape index (κ2) is 12.0. The Kier molecular flexibility index (Phi) is 8.73. The predicted octanol–water partition coefficient (Wildman–Crippen LogP) is 4.94. The van der Waals surface area contributed by atoms with Gasteiger partial charge in [-0.3, -0.25) is 19.3 Å². The number of nitrogens with one attached hydrogen (secondary N) is 2. The van der Waals surface area contributed by atoms with Crippen molar-refractivity contribution in [3.63, 3.8) is 0 Å². The van der Waals surface area contributed by atoms with Crippen LogP contribution in [0.25, 0.3) is 0 Å². The van der Waals surface area contributed by atoms with Gasteiger partial charge in [0.25, 0.3) is 11.8 Å². The number of nitrogen functional groups attached to an aromatic ring is 1. The molecule has 5 N–H and O–H groups in total. The van der Waals surface area contributed by atoms with Crippen LogP contribution in [0.4, 0.5) is 15.8 Å². The Morgan fingerprint density at radius 1 is 1.05 bits per heavy atom. The van der Waals surface area contributed by atoms with E-state index in [1.807, 2.05) is 0 Å². The molecule has 1 atom stereocenters. The normalized spacial score (nSPS) is 14.8. The molecule has 4 rings (SSSR count). The van der Waals surface area contributed by atoms with Crippen molar-refractivity contribution in [3.05, 3.63) is 70.5 Å². The summed E-state index contributed by atoms with van der Waals surface area (Å²) in [4.78, 5) is 42.1. The molecule has 1 saturated carbocycles. The van der Waals surface area contributed by atoms with E-state index in [0.717, 1.165) is 43.6 Å². The monoisotopic (exact) mass is 567 g/mol. The molecular weight excluding hydrogens is 533 g/mol. The minimum absolute atomic E-state index is 0.0151. The summed E-state index contributed by atoms with van der Waals surface area (Å²) < 4.78 is 18.1. The van der Waals surface area contributed by atoms with Gasteiger partial charge in [-0.2, -0.15) is 4.37 Å². The zero-order valence-corrected chi connectivity index (χ0v) is 23.6. The van der Waals surface area contributed by atoms with Gasteiger partial charge in [-0.25, -0.2) is 4.39 Å². The number of benzene rings is 2. The Bertz CT molecular complexity index is 1360. The van der Waals surface area contributed by atoms with Gasteiger partial charge in [0.05, 0.1) is 5.69 Å². The van der Waals surface area contributed by atoms with E-state index in [-0.39, 0.29) is 33.7 Å². The van der Waals surface area contributed by atoms with Crippen LogP contribution >= 0.6 is 11.5 Å². The van der Waals surface area contributed by atoms with Crippen molar-refractivity contribution < 1.29 is 23.9 Å². The van der Waals surface area contributed by atoms with E-state index in [0.29, 0.717) is 5.56 Å². The molecular formula is C29H34FN5O4S. The van der Waals surface area contributed by atoms with Crippen molar-refractivity contribution in [2.45, 2.75) is 70.5 Å². The van der Waals surface area contributed by atoms with Crippen molar-refractivity contribution in [1.29, 1.82) is 0 Å². The van der Waals surface area contributed by atoms with Gasteiger partial charge in [0, 0.05) is 17.3 Å². The fourth-order valence-electron chi connectivity index (χ4n) is 4.72. The molecule has 11 heteroatoms. The van der Waals surface area contributed by atoms with E-state index in [1.165, 1.54) is 53.4 Å². The summed E-state index contributed by atoms with van der Waals surface area (Å²) >= 11 is 0.768. The average Bonchev–Trinajstić information content (AvgIpc) is 3.29. The number of nitrogens with two attached hydrogens (primary N) is 1. The smallest absolute Gasteiger partial charge is 0.273 e. The second-order valence-electron chi connectivity index (χ2n) is 11.0. The largest absolute Gasteiger partial charge is 0.508 e. The Balaban J connectivity index is 1.76. The second-order valence-corrected chi connectivity index (χ2v) is 11.7. The van der Waals surface area contributed by atoms with Crippen molar-refractivity contribution in [2.24, 2.45) is 0 Å². The molecule has 212 valence electrons. The summed E-state index contributed by atoms with van der Waals surface area (Å²) in [5.41, 5.74) is 6.19. The molecule has 0 spiro atoms. The van der Waals surface area contributed by atoms with E-state index in [1.54, 1.807) is 20.8 Å². The number of carbonyl (C=O) groups excluding carboxylic acids is 3. The van der Waals surface area contributed by atoms with Gasteiger partial charge < -0.3 is 21.5 Å². The van der Waals surface area contributed by atoms with Crippen LogP contribution in [0.15, 0.2) is 48.5 Å². The SMILES string of the molecule is CC(C)(C)NC(=O)C(c1ccc(O)cc1)N(C(=O)c1snc(C(=O)NC2CCCCC2)c1N)c1ccc(F)cc1. The summed E-state index contributed by atoms with van der Waals surface area (Å²) in [6.45, 7) is 5.42. The van der Waals surface area contributed by atoms with Gasteiger partial charge in [0.2, 0.25) is 5.91 Å². The third-order valence-electron chi connectivity index (χ3n) is 6.61. The molecule has 1 aliphatic rings. The maximum atomic E-state index is 14.2. The third-order valence-corrected chi connectivity index (χ3v) is 7.47. The van der Waals surface area contributed by atoms with Crippen LogP contribution in [0.2, 0.25) is 0 Å². The first-order valence-corrected chi connectivity index (χ1v) is 14.0. The van der Waals surface area contributed by atoms with Gasteiger partial charge in [-0.05, 0) is 87.1 Å². The highest BCUT2D eigenvalue weighted by Crippen LogP contribution is 2.34. The van der Waals surface area contributed by atoms with Crippen molar-refractivity contribution in [3.8, 4) is 5.75 Å². The highest BCUT2D eigenvalue weighted by atomic mass is 32.1. The number of amides is 3. The summed E-state index contributed by atoms with van der Waals surface area (Å²) in [7, 11) is 0. The fraction of sp³-hybridized carbons (Fsp3) is 0.379. The van der Waals surface area contributed by atoms with Crippen LogP contribution in [-0.2, 0) is 4.79 Å². The number of hydrogen-bond donors (Lipinski definition) is 4. The summed E-state index contributed by atoms with van der Waals surface area (Å²) in [6.07, 6.45) is 4.94. The quantitative estimate of drug-likeness (QED) is 0.319. The molecule has 0 bridgehead atoms. The van der Waals surface area contributed by atoms with Gasteiger partial charge in [0.1, 0.15) is 22.5 Å². The summed E-state index contributed by atoms with van der Waals surface area (Å²) in [5, 5.41) is 15.7. The van der Waals surface area contributed by atoms with Crippen LogP contribution in [0.1, 0.15) is 84.6 Å². The lowest BCUT2D eigenvalue weighted by atomic mass is 9.95. The Morgan fingerprint density at radius 2 is 1.68 bits per heavy atom. The molecule has 1 aromatic heterocycles. The molecule has 3 amide bonds. The van der Waals surface area contributed by atoms with E-state index in [4.69, 9.17) is 5.73 Å². The number of aromatic hydroxyl groups is 1. The lowest BCUT2D eigenvalue weighted by Crippen LogP contribution is -2.49. The lowest BCUT2D eigenvalue weighted by Gasteiger charge is -2.33. The molecule has 2 aromatic carbocycles. The van der Waals surface area contributed by atoms with E-state index in [9.17, 15) is 23.9 Å². The van der Waals surface area contributed by atoms with Crippen molar-refractivity contribution in [1.82, 2.24) is 15.0 Å². The Morgan fingerprint density at radius 3 is 2.27 bits per heavy atom. The number of hydrogen-bond acceptors (Lipinski definition) is 7. The fourth-order valence-corrected chi connectivity index (χ4v) is 5.46. The highest BCUT2D eigenvalue weighted by Gasteiger charge is 2.37. The molecule has 0 saturated heterocycles. The molecule has 1 fully saturated rings. The molecule has 1 heterocycles. The van der Waals surface area contributed by atoms with Gasteiger partial charge in [0.15, 0.2) is 5.69 Å². The first-order valence-electron chi connectivity index (χ1n) is 13.2. The molecule has 40 heavy (non-hydrogen) atoms. The first-order chi connectivity index (χ1) is 18.9. The van der Waals surface area contributed by atoms with Gasteiger partial charge in [-0.15, -0.1) is 0 Å². The number of nitrogens with zero attached hydrogens (tertiary/aromatic N) is 2. The molecule has 1 aliphatic carbocycles. The molecule has 1 unspecified atom stereocenters. The zero-order valence-electron chi connectivity index (χ0n) is 22.7. The minimum Gasteiger partial charge on any atom is -0.508 e. The van der Waals surface area contributed by atoms with Crippen LogP contribution < -0.4 is 21.3 Å². The Hall–Kier alpha value is -3.99. The minimum atomic E-state index is -1.22. The topological polar surface area (TPSA) is 138 Å². The standard InChI is InChI=1S/C29H34FN5O4S/c1-29(2,3)33-27(38)24(17-9-15-21(36)16-10-17)35(20-13-11-18(30)12-14-20)28(39)25-22(31)23(34-40-25)26(37)32-19-7-5-4-6-8-19/h9-16,19,24,36H,4-8,31H2,1-3H3,(H,32,37)(H,33,38). The summed E-state index contributed by atoms with van der Waals surface area (Å²) in [5.74, 6) is -2.17. The van der Waals surface area contributed by atoms with Gasteiger partial charge >= 0.3 is 0 Å². The summed E-state index contributed by atoms with van der Waals surface area (Å²) in [6, 6.07) is 9.84. The van der Waals surface area contributed by atoms with Crippen LogP contribution in [-0.4, -0.2) is 38.8 Å². The van der Waals surface area contributed by atoms with Crippen LogP contribution in [0, 0.1) is 5.82 Å². The predicted molar refractivity (Wildman–Crippen MR) is 153 cm³/mol. The lowest BCUT2D eigenvalue weighted by molar-refractivity contribution is -0.123. The first kappa shape index (κ1) is 29.0. The van der Waals surface area contributed by atoms with E-state index < -0.39 is 35.1 Å². The maximum absolute atomic E-state index is 14.2. The zero-order chi connectivity index (χ0) is 29.0. The third kappa shape index (κ3) is 6.77. The number of carbonyl (C=O) groups is 3. The number of rotatable bonds is 7. The average molecular weight is 568 g/mol. The molecule has 0 aliphatic heterocycles. The molecule has 0 radical (unpaired) electrons. The van der Waals surface area contributed by atoms with Crippen molar-refractivity contribution in [2.75, 3.05) is 10.6 Å².